The third kappa shape index (κ3) is 8.32. The van der Waals surface area contributed by atoms with Gasteiger partial charge in [-0.2, -0.15) is 0 Å². The van der Waals surface area contributed by atoms with Gasteiger partial charge in [-0.3, -0.25) is 14.4 Å². The van der Waals surface area contributed by atoms with Crippen molar-refractivity contribution in [2.75, 3.05) is 20.3 Å². The number of esters is 2. The topological polar surface area (TPSA) is 151 Å². The maximum Gasteiger partial charge on any atom is 0.330 e. The molecule has 19 heavy (non-hydrogen) atoms. The molecule has 0 aliphatic heterocycles. The van der Waals surface area contributed by atoms with Crippen LogP contribution in [0, 0.1) is 0 Å². The minimum absolute atomic E-state index is 0.220. The molecule has 0 bridgehead atoms. The summed E-state index contributed by atoms with van der Waals surface area (Å²) in [6, 6.07) is -1.14. The van der Waals surface area contributed by atoms with Gasteiger partial charge in [0.1, 0.15) is 6.04 Å². The Balaban J connectivity index is 4.01. The van der Waals surface area contributed by atoms with E-state index in [-0.39, 0.29) is 6.54 Å². The van der Waals surface area contributed by atoms with Crippen molar-refractivity contribution in [2.45, 2.75) is 6.04 Å². The second-order valence-electron chi connectivity index (χ2n) is 3.28. The number of amides is 2. The van der Waals surface area contributed by atoms with Crippen LogP contribution in [0.3, 0.4) is 0 Å². The zero-order valence-corrected chi connectivity index (χ0v) is 10.3. The summed E-state index contributed by atoms with van der Waals surface area (Å²) in [4.78, 5) is 43.4. The summed E-state index contributed by atoms with van der Waals surface area (Å²) in [5.74, 6) is -3.02. The third-order valence-electron chi connectivity index (χ3n) is 1.73. The van der Waals surface area contributed by atoms with E-state index in [1.54, 1.807) is 0 Å². The summed E-state index contributed by atoms with van der Waals surface area (Å²) in [6.07, 6.45) is 1.83. The number of primary amides is 1. The lowest BCUT2D eigenvalue weighted by atomic mass is 10.3. The Kier molecular flexibility index (Phi) is 7.54. The van der Waals surface area contributed by atoms with Gasteiger partial charge in [0, 0.05) is 18.7 Å². The van der Waals surface area contributed by atoms with Crippen molar-refractivity contribution in [2.24, 2.45) is 11.5 Å². The van der Waals surface area contributed by atoms with Gasteiger partial charge in [0.25, 0.3) is 5.91 Å². The van der Waals surface area contributed by atoms with Gasteiger partial charge in [0.2, 0.25) is 5.91 Å². The van der Waals surface area contributed by atoms with Crippen LogP contribution in [0.4, 0.5) is 0 Å². The number of ether oxygens (including phenoxy) is 2. The van der Waals surface area contributed by atoms with Crippen molar-refractivity contribution < 1.29 is 28.7 Å². The van der Waals surface area contributed by atoms with E-state index in [1.807, 2.05) is 0 Å². The predicted molar refractivity (Wildman–Crippen MR) is 62.3 cm³/mol. The molecule has 0 aromatic rings. The van der Waals surface area contributed by atoms with Gasteiger partial charge >= 0.3 is 11.9 Å². The minimum Gasteiger partial charge on any atom is -0.466 e. The maximum atomic E-state index is 11.2. The molecule has 5 N–H and O–H groups in total. The highest BCUT2D eigenvalue weighted by atomic mass is 16.5. The predicted octanol–water partition coefficient (Wildman–Crippen LogP) is -2.81. The average Bonchev–Trinajstić information content (AvgIpc) is 2.38. The van der Waals surface area contributed by atoms with Crippen LogP contribution >= 0.6 is 0 Å². The Morgan fingerprint density at radius 1 is 1.26 bits per heavy atom. The first-order valence-electron chi connectivity index (χ1n) is 5.11. The number of hydrogen-bond acceptors (Lipinski definition) is 7. The first-order chi connectivity index (χ1) is 8.86. The highest BCUT2D eigenvalue weighted by Crippen LogP contribution is 1.85. The Morgan fingerprint density at radius 2 is 1.89 bits per heavy atom. The SMILES string of the molecule is COC(=O)/C=C/C(=O)NC[C@H](N)C(=O)OCC(N)=O. The van der Waals surface area contributed by atoms with Gasteiger partial charge < -0.3 is 26.3 Å². The monoisotopic (exact) mass is 273 g/mol. The van der Waals surface area contributed by atoms with E-state index in [1.165, 1.54) is 0 Å². The van der Waals surface area contributed by atoms with E-state index in [9.17, 15) is 19.2 Å². The molecule has 0 unspecified atom stereocenters. The van der Waals surface area contributed by atoms with Crippen LogP contribution < -0.4 is 16.8 Å². The fourth-order valence-electron chi connectivity index (χ4n) is 0.814. The highest BCUT2D eigenvalue weighted by Gasteiger charge is 2.16. The fourth-order valence-corrected chi connectivity index (χ4v) is 0.814. The van der Waals surface area contributed by atoms with Gasteiger partial charge in [-0.15, -0.1) is 0 Å². The first-order valence-corrected chi connectivity index (χ1v) is 5.11. The van der Waals surface area contributed by atoms with Gasteiger partial charge in [-0.05, 0) is 0 Å². The van der Waals surface area contributed by atoms with Gasteiger partial charge in [-0.1, -0.05) is 0 Å². The second-order valence-corrected chi connectivity index (χ2v) is 3.28. The van der Waals surface area contributed by atoms with Crippen molar-refractivity contribution in [1.82, 2.24) is 5.32 Å². The average molecular weight is 273 g/mol. The molecule has 0 rings (SSSR count). The number of methoxy groups -OCH3 is 1. The molecule has 1 atom stereocenters. The smallest absolute Gasteiger partial charge is 0.330 e. The van der Waals surface area contributed by atoms with Crippen molar-refractivity contribution in [3.63, 3.8) is 0 Å². The van der Waals surface area contributed by atoms with Crippen LogP contribution in [0.5, 0.6) is 0 Å². The molecule has 0 fully saturated rings. The zero-order chi connectivity index (χ0) is 14.8. The molecule has 0 spiro atoms. The number of carbonyl (C=O) groups excluding carboxylic acids is 4. The van der Waals surface area contributed by atoms with Crippen LogP contribution in [0.25, 0.3) is 0 Å². The van der Waals surface area contributed by atoms with Crippen LogP contribution in [-0.4, -0.2) is 50.1 Å². The number of hydrogen-bond donors (Lipinski definition) is 3. The van der Waals surface area contributed by atoms with Gasteiger partial charge in [0.05, 0.1) is 7.11 Å². The van der Waals surface area contributed by atoms with E-state index in [4.69, 9.17) is 11.5 Å². The molecule has 106 valence electrons. The first kappa shape index (κ1) is 16.6. The number of carbonyl (C=O) groups is 4. The quantitative estimate of drug-likeness (QED) is 0.334. The molecule has 0 saturated heterocycles. The standard InChI is InChI=1S/C10H15N3O6/c1-18-9(16)3-2-8(15)13-4-6(11)10(17)19-5-7(12)14/h2-3,6H,4-5,11H2,1H3,(H2,12,14)(H,13,15)/b3-2+/t6-/m0/s1. The number of nitrogens with one attached hydrogen (secondary N) is 1. The fraction of sp³-hybridized carbons (Fsp3) is 0.400. The lowest BCUT2D eigenvalue weighted by molar-refractivity contribution is -0.149. The molecule has 0 aromatic carbocycles. The molecule has 9 heteroatoms. The molecule has 0 aromatic heterocycles. The lowest BCUT2D eigenvalue weighted by Gasteiger charge is -2.10. The molecule has 0 saturated carbocycles. The van der Waals surface area contributed by atoms with Crippen molar-refractivity contribution in [3.05, 3.63) is 12.2 Å². The zero-order valence-electron chi connectivity index (χ0n) is 10.3. The molecule has 2 amide bonds. The summed E-state index contributed by atoms with van der Waals surface area (Å²) in [6.45, 7) is -0.801. The maximum absolute atomic E-state index is 11.2. The minimum atomic E-state index is -1.14. The van der Waals surface area contributed by atoms with E-state index >= 15 is 0 Å². The van der Waals surface area contributed by atoms with Crippen LogP contribution in [0.1, 0.15) is 0 Å². The van der Waals surface area contributed by atoms with E-state index in [0.717, 1.165) is 19.3 Å². The van der Waals surface area contributed by atoms with Crippen LogP contribution in [0.15, 0.2) is 12.2 Å². The molecule has 0 aliphatic carbocycles. The summed E-state index contributed by atoms with van der Waals surface area (Å²) >= 11 is 0. The third-order valence-corrected chi connectivity index (χ3v) is 1.73. The van der Waals surface area contributed by atoms with E-state index in [0.29, 0.717) is 0 Å². The van der Waals surface area contributed by atoms with Crippen LogP contribution in [0.2, 0.25) is 0 Å². The summed E-state index contributed by atoms with van der Waals surface area (Å²) < 4.78 is 8.70. The Morgan fingerprint density at radius 3 is 2.42 bits per heavy atom. The van der Waals surface area contributed by atoms with Crippen molar-refractivity contribution in [3.8, 4) is 0 Å². The van der Waals surface area contributed by atoms with E-state index < -0.39 is 36.4 Å². The Hall–Kier alpha value is -2.42. The second kappa shape index (κ2) is 8.64. The number of nitrogens with two attached hydrogens (primary N) is 2. The Labute approximate surface area is 108 Å². The molecule has 0 heterocycles. The summed E-state index contributed by atoms with van der Waals surface area (Å²) in [5, 5.41) is 2.25. The van der Waals surface area contributed by atoms with E-state index in [2.05, 4.69) is 14.8 Å². The molecule has 9 nitrogen and oxygen atoms in total. The largest absolute Gasteiger partial charge is 0.466 e. The van der Waals surface area contributed by atoms with Crippen molar-refractivity contribution in [1.29, 1.82) is 0 Å². The normalized spacial score (nSPS) is 11.7. The molecule has 0 aliphatic rings. The van der Waals surface area contributed by atoms with Gasteiger partial charge in [-0.25, -0.2) is 4.79 Å². The van der Waals surface area contributed by atoms with Gasteiger partial charge in [0.15, 0.2) is 6.61 Å². The summed E-state index contributed by atoms with van der Waals surface area (Å²) in [7, 11) is 1.16. The Bertz CT molecular complexity index is 393. The highest BCUT2D eigenvalue weighted by molar-refractivity contribution is 5.94. The molecular weight excluding hydrogens is 258 g/mol. The molecular formula is C10H15N3O6. The summed E-state index contributed by atoms with van der Waals surface area (Å²) in [5.41, 5.74) is 10.1. The van der Waals surface area contributed by atoms with Crippen molar-refractivity contribution >= 4 is 23.8 Å². The van der Waals surface area contributed by atoms with Crippen LogP contribution in [-0.2, 0) is 28.7 Å². The number of rotatable bonds is 7. The lowest BCUT2D eigenvalue weighted by Crippen LogP contribution is -2.43. The molecule has 0 radical (unpaired) electrons.